The number of halogens is 1. The molecule has 0 fully saturated rings. The molecule has 0 saturated heterocycles. The highest BCUT2D eigenvalue weighted by molar-refractivity contribution is 6.31. The first-order chi connectivity index (χ1) is 9.74. The highest BCUT2D eigenvalue weighted by Crippen LogP contribution is 2.23. The van der Waals surface area contributed by atoms with Gasteiger partial charge in [0, 0.05) is 43.1 Å². The minimum Gasteiger partial charge on any atom is -0.333 e. The van der Waals surface area contributed by atoms with Gasteiger partial charge in [-0.15, -0.1) is 0 Å². The molecular formula is C15H19ClN4. The number of rotatable bonds is 4. The molecule has 1 unspecified atom stereocenters. The molecule has 4 nitrogen and oxygen atoms in total. The maximum absolute atomic E-state index is 6.26. The Hall–Kier alpha value is -1.36. The first-order valence-corrected chi connectivity index (χ1v) is 7.34. The van der Waals surface area contributed by atoms with Crippen LogP contribution in [0, 0.1) is 0 Å². The molecule has 2 aromatic rings. The van der Waals surface area contributed by atoms with Gasteiger partial charge in [-0.1, -0.05) is 29.8 Å². The van der Waals surface area contributed by atoms with E-state index in [0.29, 0.717) is 0 Å². The fraction of sp³-hybridized carbons (Fsp3) is 0.400. The highest BCUT2D eigenvalue weighted by Gasteiger charge is 2.18. The van der Waals surface area contributed by atoms with Gasteiger partial charge in [-0.3, -0.25) is 4.90 Å². The second-order valence-corrected chi connectivity index (χ2v) is 5.64. The summed E-state index contributed by atoms with van der Waals surface area (Å²) >= 11 is 6.19. The van der Waals surface area contributed by atoms with Crippen molar-refractivity contribution in [2.45, 2.75) is 25.6 Å². The number of benzene rings is 1. The van der Waals surface area contributed by atoms with E-state index < -0.39 is 0 Å². The normalized spacial score (nSPS) is 16.9. The van der Waals surface area contributed by atoms with Gasteiger partial charge in [-0.2, -0.15) is 0 Å². The average Bonchev–Trinajstić information content (AvgIpc) is 2.92. The zero-order valence-electron chi connectivity index (χ0n) is 11.4. The Morgan fingerprint density at radius 2 is 2.15 bits per heavy atom. The van der Waals surface area contributed by atoms with Crippen LogP contribution in [0.4, 0.5) is 0 Å². The summed E-state index contributed by atoms with van der Waals surface area (Å²) in [7, 11) is 0. The lowest BCUT2D eigenvalue weighted by Crippen LogP contribution is -2.35. The van der Waals surface area contributed by atoms with Crippen molar-refractivity contribution in [3.8, 4) is 0 Å². The van der Waals surface area contributed by atoms with E-state index in [1.807, 2.05) is 36.7 Å². The first-order valence-electron chi connectivity index (χ1n) is 6.96. The molecule has 20 heavy (non-hydrogen) atoms. The Labute approximate surface area is 124 Å². The largest absolute Gasteiger partial charge is 0.333 e. The van der Waals surface area contributed by atoms with Crippen molar-refractivity contribution in [1.82, 2.24) is 14.5 Å². The van der Waals surface area contributed by atoms with Crippen molar-refractivity contribution < 1.29 is 0 Å². The molecular weight excluding hydrogens is 272 g/mol. The van der Waals surface area contributed by atoms with Gasteiger partial charge in [-0.05, 0) is 18.1 Å². The van der Waals surface area contributed by atoms with Gasteiger partial charge in [0.1, 0.15) is 5.82 Å². The maximum Gasteiger partial charge on any atom is 0.122 e. The number of aromatic nitrogens is 2. The van der Waals surface area contributed by atoms with E-state index in [0.717, 1.165) is 49.0 Å². The third-order valence-electron chi connectivity index (χ3n) is 3.88. The van der Waals surface area contributed by atoms with Crippen molar-refractivity contribution in [1.29, 1.82) is 0 Å². The number of imidazole rings is 1. The smallest absolute Gasteiger partial charge is 0.122 e. The molecule has 1 aromatic carbocycles. The molecule has 0 amide bonds. The van der Waals surface area contributed by atoms with Gasteiger partial charge in [0.2, 0.25) is 0 Å². The van der Waals surface area contributed by atoms with E-state index in [-0.39, 0.29) is 6.04 Å². The van der Waals surface area contributed by atoms with Crippen LogP contribution in [0.3, 0.4) is 0 Å². The summed E-state index contributed by atoms with van der Waals surface area (Å²) in [6.07, 6.45) is 4.82. The molecule has 0 radical (unpaired) electrons. The van der Waals surface area contributed by atoms with Gasteiger partial charge in [0.15, 0.2) is 0 Å². The lowest BCUT2D eigenvalue weighted by atomic mass is 10.0. The van der Waals surface area contributed by atoms with Crippen molar-refractivity contribution in [2.75, 3.05) is 13.1 Å². The van der Waals surface area contributed by atoms with Gasteiger partial charge < -0.3 is 10.3 Å². The molecule has 0 aliphatic carbocycles. The minimum atomic E-state index is -0.00892. The van der Waals surface area contributed by atoms with Crippen LogP contribution >= 0.6 is 11.6 Å². The van der Waals surface area contributed by atoms with Crippen molar-refractivity contribution in [2.24, 2.45) is 5.73 Å². The van der Waals surface area contributed by atoms with E-state index >= 15 is 0 Å². The third kappa shape index (κ3) is 2.87. The van der Waals surface area contributed by atoms with Crippen LogP contribution in [-0.2, 0) is 13.1 Å². The predicted molar refractivity (Wildman–Crippen MR) is 80.5 cm³/mol. The molecule has 5 heteroatoms. The molecule has 0 bridgehead atoms. The fourth-order valence-corrected chi connectivity index (χ4v) is 2.94. The number of nitrogens with two attached hydrogens (primary N) is 1. The third-order valence-corrected chi connectivity index (χ3v) is 4.23. The number of nitrogens with zero attached hydrogens (tertiary/aromatic N) is 3. The Bertz CT molecular complexity index is 581. The summed E-state index contributed by atoms with van der Waals surface area (Å²) in [5.41, 5.74) is 7.29. The first kappa shape index (κ1) is 13.6. The molecule has 1 atom stereocenters. The summed E-state index contributed by atoms with van der Waals surface area (Å²) in [5, 5.41) is 0.759. The van der Waals surface area contributed by atoms with Gasteiger partial charge in [0.05, 0.1) is 6.54 Å². The monoisotopic (exact) mass is 290 g/mol. The topological polar surface area (TPSA) is 47.1 Å². The standard InChI is InChI=1S/C15H19ClN4/c16-13-4-2-1-3-12(13)14(17)5-7-19-9-10-20-8-6-18-15(20)11-19/h1-4,6,8,14H,5,7,9-11,17H2. The van der Waals surface area contributed by atoms with E-state index in [1.54, 1.807) is 0 Å². The Balaban J connectivity index is 1.57. The lowest BCUT2D eigenvalue weighted by molar-refractivity contribution is 0.210. The Morgan fingerprint density at radius 3 is 3.00 bits per heavy atom. The SMILES string of the molecule is NC(CCN1CCn2ccnc2C1)c1ccccc1Cl. The molecule has 2 heterocycles. The van der Waals surface area contributed by atoms with Crippen LogP contribution in [0.1, 0.15) is 23.9 Å². The van der Waals surface area contributed by atoms with E-state index in [4.69, 9.17) is 17.3 Å². The molecule has 0 spiro atoms. The summed E-state index contributed by atoms with van der Waals surface area (Å²) in [6, 6.07) is 7.82. The summed E-state index contributed by atoms with van der Waals surface area (Å²) < 4.78 is 2.21. The summed E-state index contributed by atoms with van der Waals surface area (Å²) in [6.45, 7) is 3.94. The van der Waals surface area contributed by atoms with Crippen LogP contribution < -0.4 is 5.73 Å². The van der Waals surface area contributed by atoms with E-state index in [2.05, 4.69) is 14.5 Å². The van der Waals surface area contributed by atoms with Gasteiger partial charge >= 0.3 is 0 Å². The molecule has 2 N–H and O–H groups in total. The van der Waals surface area contributed by atoms with Gasteiger partial charge in [-0.25, -0.2) is 4.98 Å². The zero-order chi connectivity index (χ0) is 13.9. The van der Waals surface area contributed by atoms with Crippen LogP contribution in [0.15, 0.2) is 36.7 Å². The van der Waals surface area contributed by atoms with E-state index in [1.165, 1.54) is 0 Å². The Morgan fingerprint density at radius 1 is 1.30 bits per heavy atom. The van der Waals surface area contributed by atoms with Crippen LogP contribution in [0.25, 0.3) is 0 Å². The quantitative estimate of drug-likeness (QED) is 0.941. The zero-order valence-corrected chi connectivity index (χ0v) is 12.1. The number of hydrogen-bond donors (Lipinski definition) is 1. The van der Waals surface area contributed by atoms with Crippen molar-refractivity contribution >= 4 is 11.6 Å². The molecule has 106 valence electrons. The Kier molecular flexibility index (Phi) is 4.05. The van der Waals surface area contributed by atoms with Crippen LogP contribution in [0.2, 0.25) is 5.02 Å². The molecule has 1 aliphatic rings. The minimum absolute atomic E-state index is 0.00892. The molecule has 3 rings (SSSR count). The number of hydrogen-bond acceptors (Lipinski definition) is 3. The molecule has 0 saturated carbocycles. The maximum atomic E-state index is 6.26. The van der Waals surface area contributed by atoms with Crippen LogP contribution in [0.5, 0.6) is 0 Å². The van der Waals surface area contributed by atoms with Gasteiger partial charge in [0.25, 0.3) is 0 Å². The van der Waals surface area contributed by atoms with Crippen molar-refractivity contribution in [3.05, 3.63) is 53.1 Å². The average molecular weight is 291 g/mol. The highest BCUT2D eigenvalue weighted by atomic mass is 35.5. The fourth-order valence-electron chi connectivity index (χ4n) is 2.67. The van der Waals surface area contributed by atoms with Crippen molar-refractivity contribution in [3.63, 3.8) is 0 Å². The summed E-state index contributed by atoms with van der Waals surface area (Å²) in [4.78, 5) is 6.78. The molecule has 1 aliphatic heterocycles. The van der Waals surface area contributed by atoms with Crippen LogP contribution in [-0.4, -0.2) is 27.5 Å². The summed E-state index contributed by atoms with van der Waals surface area (Å²) in [5.74, 6) is 1.14. The molecule has 1 aromatic heterocycles. The number of fused-ring (bicyclic) bond motifs is 1. The second kappa shape index (κ2) is 5.95. The lowest BCUT2D eigenvalue weighted by Gasteiger charge is -2.28. The predicted octanol–water partition coefficient (Wildman–Crippen LogP) is 2.44. The van der Waals surface area contributed by atoms with E-state index in [9.17, 15) is 0 Å². The second-order valence-electron chi connectivity index (χ2n) is 5.23.